The third kappa shape index (κ3) is 4.18. The predicted molar refractivity (Wildman–Crippen MR) is 76.4 cm³/mol. The lowest BCUT2D eigenvalue weighted by atomic mass is 9.95. The zero-order valence-electron chi connectivity index (χ0n) is 12.1. The van der Waals surface area contributed by atoms with Crippen molar-refractivity contribution in [3.8, 4) is 0 Å². The third-order valence-corrected chi connectivity index (χ3v) is 6.51. The summed E-state index contributed by atoms with van der Waals surface area (Å²) in [4.78, 5) is 12.0. The highest BCUT2D eigenvalue weighted by molar-refractivity contribution is 7.92. The van der Waals surface area contributed by atoms with Crippen molar-refractivity contribution in [1.29, 1.82) is 0 Å². The first kappa shape index (κ1) is 16.4. The van der Waals surface area contributed by atoms with E-state index in [0.29, 0.717) is 6.54 Å². The minimum absolute atomic E-state index is 0.0117. The van der Waals surface area contributed by atoms with Crippen LogP contribution in [-0.4, -0.2) is 37.9 Å². The summed E-state index contributed by atoms with van der Waals surface area (Å²) in [6.45, 7) is 5.73. The second-order valence-electron chi connectivity index (χ2n) is 6.26. The molecule has 0 bridgehead atoms. The maximum atomic E-state index is 12.0. The fraction of sp³-hybridized carbons (Fsp3) is 0.923. The molecule has 1 amide bonds. The summed E-state index contributed by atoms with van der Waals surface area (Å²) in [5.74, 6) is 0.154. The van der Waals surface area contributed by atoms with Crippen molar-refractivity contribution in [1.82, 2.24) is 5.32 Å². The molecule has 0 unspecified atom stereocenters. The van der Waals surface area contributed by atoms with E-state index >= 15 is 0 Å². The lowest BCUT2D eigenvalue weighted by Crippen LogP contribution is -2.40. The van der Waals surface area contributed by atoms with Crippen LogP contribution in [0.5, 0.6) is 0 Å². The molecule has 1 aliphatic rings. The molecule has 112 valence electrons. The Balaban J connectivity index is 2.44. The SMILES string of the molecule is CC(C)(C)S(=O)(=O)CCNC(=O)[C@@H]1CCC[C@@H]1CN. The fourth-order valence-corrected chi connectivity index (χ4v) is 3.39. The average Bonchev–Trinajstić information content (AvgIpc) is 2.74. The number of amides is 1. The van der Waals surface area contributed by atoms with Crippen LogP contribution in [0.1, 0.15) is 40.0 Å². The molecule has 0 spiro atoms. The van der Waals surface area contributed by atoms with E-state index in [1.54, 1.807) is 20.8 Å². The highest BCUT2D eigenvalue weighted by Gasteiger charge is 2.32. The number of carbonyl (C=O) groups excluding carboxylic acids is 1. The van der Waals surface area contributed by atoms with Gasteiger partial charge in [-0.1, -0.05) is 6.42 Å². The molecule has 0 aromatic rings. The van der Waals surface area contributed by atoms with Gasteiger partial charge in [0.1, 0.15) is 0 Å². The van der Waals surface area contributed by atoms with Crippen LogP contribution in [-0.2, 0) is 14.6 Å². The monoisotopic (exact) mass is 290 g/mol. The van der Waals surface area contributed by atoms with Gasteiger partial charge >= 0.3 is 0 Å². The molecule has 0 saturated heterocycles. The molecule has 0 aromatic carbocycles. The van der Waals surface area contributed by atoms with Gasteiger partial charge in [-0.25, -0.2) is 8.42 Å². The van der Waals surface area contributed by atoms with Gasteiger partial charge in [-0.2, -0.15) is 0 Å². The second kappa shape index (κ2) is 6.22. The van der Waals surface area contributed by atoms with Crippen LogP contribution in [0.15, 0.2) is 0 Å². The molecule has 0 aromatic heterocycles. The van der Waals surface area contributed by atoms with Crippen molar-refractivity contribution < 1.29 is 13.2 Å². The number of carbonyl (C=O) groups is 1. The zero-order chi connectivity index (χ0) is 14.7. The minimum Gasteiger partial charge on any atom is -0.355 e. The van der Waals surface area contributed by atoms with Gasteiger partial charge in [0.05, 0.1) is 10.5 Å². The van der Waals surface area contributed by atoms with Gasteiger partial charge in [-0.15, -0.1) is 0 Å². The summed E-state index contributed by atoms with van der Waals surface area (Å²) in [5, 5.41) is 2.74. The van der Waals surface area contributed by atoms with Crippen molar-refractivity contribution in [3.63, 3.8) is 0 Å². The summed E-state index contributed by atoms with van der Waals surface area (Å²) in [5.41, 5.74) is 5.64. The second-order valence-corrected chi connectivity index (χ2v) is 9.12. The van der Waals surface area contributed by atoms with Crippen LogP contribution >= 0.6 is 0 Å². The average molecular weight is 290 g/mol. The van der Waals surface area contributed by atoms with E-state index < -0.39 is 14.6 Å². The number of nitrogens with two attached hydrogens (primary N) is 1. The Morgan fingerprint density at radius 1 is 1.32 bits per heavy atom. The number of sulfone groups is 1. The first-order valence-corrected chi connectivity index (χ1v) is 8.54. The van der Waals surface area contributed by atoms with E-state index in [9.17, 15) is 13.2 Å². The largest absolute Gasteiger partial charge is 0.355 e. The van der Waals surface area contributed by atoms with Gasteiger partial charge in [-0.3, -0.25) is 4.79 Å². The van der Waals surface area contributed by atoms with Crippen molar-refractivity contribution >= 4 is 15.7 Å². The number of hydrogen-bond acceptors (Lipinski definition) is 4. The van der Waals surface area contributed by atoms with Gasteiger partial charge < -0.3 is 11.1 Å². The Hall–Kier alpha value is -0.620. The Bertz CT molecular complexity index is 412. The standard InChI is InChI=1S/C13H26N2O3S/c1-13(2,3)19(17,18)8-7-15-12(16)11-6-4-5-10(11)9-14/h10-11H,4-9,14H2,1-3H3,(H,15,16)/t10-,11-/m1/s1. The van der Waals surface area contributed by atoms with Crippen LogP contribution < -0.4 is 11.1 Å². The molecule has 6 heteroatoms. The summed E-state index contributed by atoms with van der Waals surface area (Å²) >= 11 is 0. The van der Waals surface area contributed by atoms with E-state index in [2.05, 4.69) is 5.32 Å². The predicted octanol–water partition coefficient (Wildman–Crippen LogP) is 0.691. The lowest BCUT2D eigenvalue weighted by molar-refractivity contribution is -0.125. The Labute approximate surface area is 116 Å². The molecule has 1 fully saturated rings. The summed E-state index contributed by atoms with van der Waals surface area (Å²) < 4.78 is 23.0. The lowest BCUT2D eigenvalue weighted by Gasteiger charge is -2.20. The van der Waals surface area contributed by atoms with Crippen LogP contribution in [0, 0.1) is 11.8 Å². The first-order chi connectivity index (χ1) is 8.69. The maximum absolute atomic E-state index is 12.0. The van der Waals surface area contributed by atoms with E-state index in [0.717, 1.165) is 19.3 Å². The molecule has 1 rings (SSSR count). The molecule has 5 nitrogen and oxygen atoms in total. The minimum atomic E-state index is -3.18. The van der Waals surface area contributed by atoms with Crippen molar-refractivity contribution in [2.75, 3.05) is 18.8 Å². The molecule has 3 N–H and O–H groups in total. The zero-order valence-corrected chi connectivity index (χ0v) is 12.9. The summed E-state index contributed by atoms with van der Waals surface area (Å²) in [6, 6.07) is 0. The topological polar surface area (TPSA) is 89.3 Å². The van der Waals surface area contributed by atoms with Gasteiger partial charge in [-0.05, 0) is 46.1 Å². The molecule has 1 aliphatic carbocycles. The molecule has 2 atom stereocenters. The van der Waals surface area contributed by atoms with Gasteiger partial charge in [0.15, 0.2) is 9.84 Å². The molecule has 1 saturated carbocycles. The number of rotatable bonds is 5. The van der Waals surface area contributed by atoms with Crippen LogP contribution in [0.2, 0.25) is 0 Å². The van der Waals surface area contributed by atoms with E-state index in [4.69, 9.17) is 5.73 Å². The van der Waals surface area contributed by atoms with Crippen molar-refractivity contribution in [2.24, 2.45) is 17.6 Å². The number of hydrogen-bond donors (Lipinski definition) is 2. The molecule has 0 heterocycles. The Morgan fingerprint density at radius 2 is 1.95 bits per heavy atom. The Kier molecular flexibility index (Phi) is 5.38. The highest BCUT2D eigenvalue weighted by atomic mass is 32.2. The molecule has 0 radical (unpaired) electrons. The molecule has 19 heavy (non-hydrogen) atoms. The van der Waals surface area contributed by atoms with Gasteiger partial charge in [0.25, 0.3) is 0 Å². The van der Waals surface area contributed by atoms with Crippen LogP contribution in [0.4, 0.5) is 0 Å². The van der Waals surface area contributed by atoms with E-state index in [1.807, 2.05) is 0 Å². The number of nitrogens with one attached hydrogen (secondary N) is 1. The van der Waals surface area contributed by atoms with Crippen LogP contribution in [0.3, 0.4) is 0 Å². The smallest absolute Gasteiger partial charge is 0.223 e. The highest BCUT2D eigenvalue weighted by Crippen LogP contribution is 2.30. The molecular weight excluding hydrogens is 264 g/mol. The first-order valence-electron chi connectivity index (χ1n) is 6.89. The molecular formula is C13H26N2O3S. The van der Waals surface area contributed by atoms with Crippen molar-refractivity contribution in [3.05, 3.63) is 0 Å². The van der Waals surface area contributed by atoms with E-state index in [-0.39, 0.29) is 30.0 Å². The normalized spacial score (nSPS) is 24.4. The summed E-state index contributed by atoms with van der Waals surface area (Å²) in [7, 11) is -3.18. The quantitative estimate of drug-likeness (QED) is 0.779. The van der Waals surface area contributed by atoms with Gasteiger partial charge in [0.2, 0.25) is 5.91 Å². The van der Waals surface area contributed by atoms with Gasteiger partial charge in [0, 0.05) is 12.5 Å². The van der Waals surface area contributed by atoms with E-state index in [1.165, 1.54) is 0 Å². The molecule has 0 aliphatic heterocycles. The maximum Gasteiger partial charge on any atom is 0.223 e. The fourth-order valence-electron chi connectivity index (χ4n) is 2.41. The Morgan fingerprint density at radius 3 is 2.47 bits per heavy atom. The van der Waals surface area contributed by atoms with Crippen molar-refractivity contribution in [2.45, 2.75) is 44.8 Å². The third-order valence-electron chi connectivity index (χ3n) is 3.90. The van der Waals surface area contributed by atoms with Crippen LogP contribution in [0.25, 0.3) is 0 Å². The summed E-state index contributed by atoms with van der Waals surface area (Å²) in [6.07, 6.45) is 2.88.